The van der Waals surface area contributed by atoms with Crippen molar-refractivity contribution >= 4 is 67.3 Å². The third-order valence-electron chi connectivity index (χ3n) is 14.6. The van der Waals surface area contributed by atoms with E-state index in [4.69, 9.17) is 19.4 Å². The number of alkyl carbamates (subject to hydrolysis) is 2. The number of amides is 4. The van der Waals surface area contributed by atoms with Gasteiger partial charge in [-0.05, 0) is 104 Å². The van der Waals surface area contributed by atoms with E-state index in [2.05, 4.69) is 49.8 Å². The van der Waals surface area contributed by atoms with Gasteiger partial charge in [0.25, 0.3) is 0 Å². The Labute approximate surface area is 406 Å². The number of H-pyrrole nitrogens is 2. The third kappa shape index (κ3) is 9.57. The van der Waals surface area contributed by atoms with Crippen LogP contribution in [0.3, 0.4) is 0 Å². The summed E-state index contributed by atoms with van der Waals surface area (Å²) in [4.78, 5) is 76.9. The predicted molar refractivity (Wildman–Crippen MR) is 262 cm³/mol. The van der Waals surface area contributed by atoms with Gasteiger partial charge in [-0.3, -0.25) is 9.59 Å². The molecule has 1 unspecified atom stereocenters. The normalized spacial score (nSPS) is 22.3. The molecule has 0 radical (unpaired) electrons. The Balaban J connectivity index is 1.03. The second-order valence-corrected chi connectivity index (χ2v) is 22.0. The molecule has 6 atom stereocenters. The summed E-state index contributed by atoms with van der Waals surface area (Å²) in [5, 5.41) is 5.42. The minimum atomic E-state index is -3.17. The quantitative estimate of drug-likeness (QED) is 0.0996. The molecule has 18 nitrogen and oxygen atoms in total. The van der Waals surface area contributed by atoms with E-state index in [1.165, 1.54) is 14.2 Å². The van der Waals surface area contributed by atoms with Crippen LogP contribution in [-0.4, -0.2) is 126 Å². The van der Waals surface area contributed by atoms with Crippen LogP contribution in [0.25, 0.3) is 22.1 Å². The Morgan fingerprint density at radius 2 is 1.13 bits per heavy atom. The molecule has 20 heteroatoms. The molecule has 4 aliphatic heterocycles. The summed E-state index contributed by atoms with van der Waals surface area (Å²) >= 11 is 0. The second kappa shape index (κ2) is 19.8. The number of halogens is 1. The van der Waals surface area contributed by atoms with Crippen molar-refractivity contribution in [3.05, 3.63) is 83.2 Å². The topological polar surface area (TPSA) is 215 Å². The molecule has 5 aromatic rings. The predicted octanol–water partition coefficient (Wildman–Crippen LogP) is 6.98. The summed E-state index contributed by atoms with van der Waals surface area (Å²) in [5.74, 6) is 0.126. The van der Waals surface area contributed by atoms with Crippen molar-refractivity contribution in [1.82, 2.24) is 40.4 Å². The van der Waals surface area contributed by atoms with E-state index in [0.29, 0.717) is 49.0 Å². The summed E-state index contributed by atoms with van der Waals surface area (Å²) in [6.45, 7) is 9.03. The molecule has 0 bridgehead atoms. The Bertz CT molecular complexity index is 2750. The van der Waals surface area contributed by atoms with Crippen molar-refractivity contribution in [2.24, 2.45) is 11.8 Å². The van der Waals surface area contributed by atoms with Gasteiger partial charge in [0, 0.05) is 31.9 Å². The number of fused-ring (bicyclic) bond motifs is 2. The van der Waals surface area contributed by atoms with Crippen LogP contribution in [0.5, 0.6) is 0 Å². The number of nitrogens with zero attached hydrogens (tertiary/aromatic N) is 6. The van der Waals surface area contributed by atoms with Gasteiger partial charge >= 0.3 is 12.2 Å². The molecule has 0 saturated carbocycles. The molecule has 4 aliphatic rings. The number of hydrogen-bond donors (Lipinski definition) is 4. The highest BCUT2D eigenvalue weighted by Gasteiger charge is 2.41. The van der Waals surface area contributed by atoms with E-state index >= 15 is 4.39 Å². The van der Waals surface area contributed by atoms with Gasteiger partial charge in [0.1, 0.15) is 29.5 Å². The molecule has 4 saturated heterocycles. The van der Waals surface area contributed by atoms with Crippen LogP contribution < -0.4 is 20.4 Å². The van der Waals surface area contributed by atoms with Crippen molar-refractivity contribution in [2.45, 2.75) is 102 Å². The molecule has 3 aromatic carbocycles. The summed E-state index contributed by atoms with van der Waals surface area (Å²) < 4.78 is 50.5. The summed E-state index contributed by atoms with van der Waals surface area (Å²) in [5.41, 5.74) is 6.12. The molecule has 0 spiro atoms. The average Bonchev–Trinajstić information content (AvgIpc) is 4.20. The van der Waals surface area contributed by atoms with Gasteiger partial charge in [-0.15, -0.1) is 0 Å². The lowest BCUT2D eigenvalue weighted by atomic mass is 10.0. The number of carbonyl (C=O) groups excluding carboxylic acids is 4. The molecule has 70 heavy (non-hydrogen) atoms. The van der Waals surface area contributed by atoms with Crippen molar-refractivity contribution in [3.63, 3.8) is 0 Å². The van der Waals surface area contributed by atoms with Crippen LogP contribution in [0, 0.1) is 17.7 Å². The average molecular weight is 983 g/mol. The Morgan fingerprint density at radius 3 is 1.56 bits per heavy atom. The fourth-order valence-corrected chi connectivity index (χ4v) is 12.1. The zero-order chi connectivity index (χ0) is 49.6. The molecule has 4 fully saturated rings. The summed E-state index contributed by atoms with van der Waals surface area (Å²) in [6.07, 6.45) is 3.14. The standard InChI is InChI=1S/C50H63FN10O8S/c1-28(2)43(56-49(64)68-5)47(62)59-19-7-9-41(59)45-52-34-14-11-30(25-36(34)54-45)38-17-18-39(61(38)32-13-16-40(33(51)27-32)58-21-23-70(66,67)24-22-58)31-12-15-35-37(26-31)55-46(53-35)42-10-8-20-60(42)48(63)44(29(3)4)57-50(65)69-6/h11-16,25-29,38-39,41-44H,7-10,17-24H2,1-6H3,(H,52,54)(H,53,55)(H,56,64)(H,57,65)/t38-,39?,41+,42+,43+,44+/m1/s1. The molecule has 9 rings (SSSR count). The highest BCUT2D eigenvalue weighted by molar-refractivity contribution is 7.91. The van der Waals surface area contributed by atoms with Gasteiger partial charge in [0.2, 0.25) is 11.8 Å². The second-order valence-electron chi connectivity index (χ2n) is 19.7. The monoisotopic (exact) mass is 982 g/mol. The number of carbonyl (C=O) groups is 4. The lowest BCUT2D eigenvalue weighted by Gasteiger charge is -2.34. The van der Waals surface area contributed by atoms with Gasteiger partial charge in [0.05, 0.1) is 77.6 Å². The highest BCUT2D eigenvalue weighted by Crippen LogP contribution is 2.48. The fourth-order valence-electron chi connectivity index (χ4n) is 10.9. The first-order valence-electron chi connectivity index (χ1n) is 24.4. The summed E-state index contributed by atoms with van der Waals surface area (Å²) in [7, 11) is -0.618. The Hall–Kier alpha value is -6.44. The largest absolute Gasteiger partial charge is 0.453 e. The first-order chi connectivity index (χ1) is 33.5. The van der Waals surface area contributed by atoms with E-state index in [-0.39, 0.29) is 72.4 Å². The van der Waals surface area contributed by atoms with Gasteiger partial charge < -0.3 is 49.7 Å². The number of nitrogens with one attached hydrogen (secondary N) is 4. The van der Waals surface area contributed by atoms with E-state index in [0.717, 1.165) is 58.9 Å². The Morgan fingerprint density at radius 1 is 0.657 bits per heavy atom. The van der Waals surface area contributed by atoms with Crippen molar-refractivity contribution in [2.75, 3.05) is 61.7 Å². The number of sulfone groups is 1. The SMILES string of the molecule is COC(=O)N[C@H](C(=O)N1CCC[C@H]1c1nc2ccc(C3CC[C@H](c4ccc5nc([C@@H]6CCCN6C(=O)[C@@H](NC(=O)OC)C(C)C)[nH]c5c4)N3c3ccc(N4CCS(=O)(=O)CC4)c(F)c3)cc2[nH]1)C(C)C. The van der Waals surface area contributed by atoms with Crippen LogP contribution in [0.15, 0.2) is 54.6 Å². The van der Waals surface area contributed by atoms with Crippen molar-refractivity contribution < 1.29 is 41.5 Å². The highest BCUT2D eigenvalue weighted by atomic mass is 32.2. The number of benzene rings is 3. The van der Waals surface area contributed by atoms with Crippen LogP contribution in [0.1, 0.15) is 113 Å². The van der Waals surface area contributed by atoms with Crippen LogP contribution in [0.2, 0.25) is 0 Å². The van der Waals surface area contributed by atoms with Crippen molar-refractivity contribution in [3.8, 4) is 0 Å². The maximum atomic E-state index is 16.4. The number of anilines is 2. The number of ether oxygens (including phenoxy) is 2. The minimum absolute atomic E-state index is 0.0274. The van der Waals surface area contributed by atoms with Gasteiger partial charge in [-0.2, -0.15) is 0 Å². The Kier molecular flexibility index (Phi) is 13.7. The molecule has 6 heterocycles. The van der Waals surface area contributed by atoms with Gasteiger partial charge in [0.15, 0.2) is 9.84 Å². The smallest absolute Gasteiger partial charge is 0.407 e. The lowest BCUT2D eigenvalue weighted by molar-refractivity contribution is -0.136. The number of methoxy groups -OCH3 is 2. The number of likely N-dealkylation sites (tertiary alicyclic amines) is 2. The lowest BCUT2D eigenvalue weighted by Crippen LogP contribution is -2.51. The third-order valence-corrected chi connectivity index (χ3v) is 16.2. The van der Waals surface area contributed by atoms with Crippen LogP contribution in [0.4, 0.5) is 25.4 Å². The number of aromatic amines is 2. The molecule has 0 aliphatic carbocycles. The van der Waals surface area contributed by atoms with Crippen LogP contribution >= 0.6 is 0 Å². The molecule has 4 N–H and O–H groups in total. The molecular weight excluding hydrogens is 920 g/mol. The zero-order valence-corrected chi connectivity index (χ0v) is 41.4. The number of imidazole rings is 2. The zero-order valence-electron chi connectivity index (χ0n) is 40.5. The maximum Gasteiger partial charge on any atom is 0.407 e. The first-order valence-corrected chi connectivity index (χ1v) is 26.2. The molecular formula is C50H63FN10O8S. The van der Waals surface area contributed by atoms with Crippen LogP contribution in [-0.2, 0) is 28.9 Å². The summed E-state index contributed by atoms with van der Waals surface area (Å²) in [6, 6.07) is 15.0. The number of rotatable bonds is 12. The minimum Gasteiger partial charge on any atom is -0.453 e. The fraction of sp³-hybridized carbons (Fsp3) is 0.520. The number of aromatic nitrogens is 4. The van der Waals surface area contributed by atoms with E-state index < -0.39 is 39.9 Å². The molecule has 4 amide bonds. The first kappa shape index (κ1) is 48.6. The van der Waals surface area contributed by atoms with Crippen molar-refractivity contribution in [1.29, 1.82) is 0 Å². The van der Waals surface area contributed by atoms with E-state index in [9.17, 15) is 27.6 Å². The molecule has 374 valence electrons. The van der Waals surface area contributed by atoms with E-state index in [1.807, 2.05) is 45.9 Å². The van der Waals surface area contributed by atoms with Gasteiger partial charge in [-0.25, -0.2) is 32.4 Å². The number of hydrogen-bond acceptors (Lipinski definition) is 12. The van der Waals surface area contributed by atoms with Gasteiger partial charge in [-0.1, -0.05) is 39.8 Å². The molecule has 2 aromatic heterocycles. The van der Waals surface area contributed by atoms with E-state index in [1.54, 1.807) is 26.8 Å². The maximum absolute atomic E-state index is 16.4.